The minimum atomic E-state index is -0.0670. The molecule has 0 saturated heterocycles. The maximum Gasteiger partial charge on any atom is 0.287 e. The Bertz CT molecular complexity index is 756. The molecule has 0 radical (unpaired) electrons. The van der Waals surface area contributed by atoms with E-state index >= 15 is 0 Å². The smallest absolute Gasteiger partial charge is 0.287 e. The van der Waals surface area contributed by atoms with Gasteiger partial charge in [0.1, 0.15) is 5.52 Å². The summed E-state index contributed by atoms with van der Waals surface area (Å²) in [7, 11) is 0. The van der Waals surface area contributed by atoms with Crippen LogP contribution in [0.5, 0.6) is 0 Å². The van der Waals surface area contributed by atoms with Gasteiger partial charge in [-0.3, -0.25) is 4.79 Å². The maximum absolute atomic E-state index is 12.8. The van der Waals surface area contributed by atoms with Gasteiger partial charge in [-0.15, -0.1) is 0 Å². The van der Waals surface area contributed by atoms with E-state index in [0.717, 1.165) is 48.2 Å². The minimum absolute atomic E-state index is 0.0220. The van der Waals surface area contributed by atoms with Gasteiger partial charge in [-0.05, 0) is 75.3 Å². The first-order chi connectivity index (χ1) is 11.1. The lowest BCUT2D eigenvalue weighted by Gasteiger charge is -2.56. The molecule has 0 spiro atoms. The summed E-state index contributed by atoms with van der Waals surface area (Å²) in [5, 5.41) is 3.36. The number of furan rings is 1. The highest BCUT2D eigenvalue weighted by Crippen LogP contribution is 2.55. The molecule has 1 N–H and O–H groups in total. The molecular formula is C19H22N2O2. The molecule has 2 aromatic rings. The van der Waals surface area contributed by atoms with Crippen molar-refractivity contribution in [2.75, 3.05) is 0 Å². The van der Waals surface area contributed by atoms with E-state index in [9.17, 15) is 4.79 Å². The van der Waals surface area contributed by atoms with Crippen molar-refractivity contribution in [3.63, 3.8) is 0 Å². The van der Waals surface area contributed by atoms with E-state index in [0.29, 0.717) is 11.3 Å². The molecule has 0 atom stereocenters. The van der Waals surface area contributed by atoms with Gasteiger partial charge in [0, 0.05) is 17.3 Å². The van der Waals surface area contributed by atoms with E-state index in [4.69, 9.17) is 4.42 Å². The molecule has 4 aliphatic carbocycles. The second kappa shape index (κ2) is 4.59. The molecule has 4 bridgehead atoms. The fourth-order valence-electron chi connectivity index (χ4n) is 5.70. The zero-order valence-corrected chi connectivity index (χ0v) is 13.5. The Kier molecular flexibility index (Phi) is 2.71. The number of nitrogens with zero attached hydrogens (tertiary/aromatic N) is 1. The van der Waals surface area contributed by atoms with E-state index in [2.05, 4.69) is 10.3 Å². The number of aryl methyl sites for hydroxylation is 1. The first-order valence-electron chi connectivity index (χ1n) is 8.78. The van der Waals surface area contributed by atoms with E-state index in [1.165, 1.54) is 19.3 Å². The fourth-order valence-corrected chi connectivity index (χ4v) is 5.70. The van der Waals surface area contributed by atoms with E-state index in [-0.39, 0.29) is 11.4 Å². The molecule has 1 amide bonds. The summed E-state index contributed by atoms with van der Waals surface area (Å²) in [6, 6.07) is 5.57. The zero-order chi connectivity index (χ0) is 15.6. The number of nitrogens with one attached hydrogen (secondary N) is 1. The monoisotopic (exact) mass is 310 g/mol. The van der Waals surface area contributed by atoms with Crippen LogP contribution in [0.1, 0.15) is 54.8 Å². The normalized spacial score (nSPS) is 34.9. The van der Waals surface area contributed by atoms with Crippen LogP contribution >= 0.6 is 0 Å². The van der Waals surface area contributed by atoms with Crippen molar-refractivity contribution in [3.8, 4) is 0 Å². The Morgan fingerprint density at radius 2 is 1.83 bits per heavy atom. The van der Waals surface area contributed by atoms with E-state index in [1.807, 2.05) is 19.1 Å². The van der Waals surface area contributed by atoms with Gasteiger partial charge in [0.25, 0.3) is 5.91 Å². The van der Waals surface area contributed by atoms with E-state index in [1.54, 1.807) is 6.07 Å². The van der Waals surface area contributed by atoms with Gasteiger partial charge in [0.15, 0.2) is 11.3 Å². The Morgan fingerprint density at radius 3 is 2.48 bits per heavy atom. The Balaban J connectivity index is 1.42. The summed E-state index contributed by atoms with van der Waals surface area (Å²) in [5.41, 5.74) is 2.41. The lowest BCUT2D eigenvalue weighted by Crippen LogP contribution is -2.59. The number of pyridine rings is 1. The summed E-state index contributed by atoms with van der Waals surface area (Å²) in [6.07, 6.45) is 7.60. The molecule has 6 rings (SSSR count). The first kappa shape index (κ1) is 13.6. The van der Waals surface area contributed by atoms with Crippen molar-refractivity contribution in [2.45, 2.75) is 51.0 Å². The van der Waals surface area contributed by atoms with Crippen LogP contribution < -0.4 is 5.32 Å². The topological polar surface area (TPSA) is 55.1 Å². The lowest BCUT2D eigenvalue weighted by molar-refractivity contribution is -0.0171. The van der Waals surface area contributed by atoms with Crippen LogP contribution in [-0.4, -0.2) is 16.4 Å². The molecule has 0 aliphatic heterocycles. The van der Waals surface area contributed by atoms with Gasteiger partial charge in [0.2, 0.25) is 0 Å². The number of carbonyl (C=O) groups excluding carboxylic acids is 1. The first-order valence-corrected chi connectivity index (χ1v) is 8.78. The summed E-state index contributed by atoms with van der Waals surface area (Å²) in [5.74, 6) is 2.79. The highest BCUT2D eigenvalue weighted by molar-refractivity contribution is 5.95. The van der Waals surface area contributed by atoms with Crippen LogP contribution in [0.25, 0.3) is 11.1 Å². The highest BCUT2D eigenvalue weighted by atomic mass is 16.3. The fraction of sp³-hybridized carbons (Fsp3) is 0.579. The number of hydrogen-bond acceptors (Lipinski definition) is 3. The van der Waals surface area contributed by atoms with Crippen LogP contribution in [-0.2, 0) is 0 Å². The second-order valence-electron chi connectivity index (χ2n) is 8.10. The number of amides is 1. The molecule has 4 saturated carbocycles. The second-order valence-corrected chi connectivity index (χ2v) is 8.10. The minimum Gasteiger partial charge on any atom is -0.449 e. The molecule has 2 aromatic heterocycles. The molecule has 23 heavy (non-hydrogen) atoms. The highest BCUT2D eigenvalue weighted by Gasteiger charge is 2.51. The number of rotatable bonds is 2. The molecule has 2 heterocycles. The lowest BCUT2D eigenvalue weighted by atomic mass is 9.53. The third-order valence-electron chi connectivity index (χ3n) is 6.15. The number of carbonyl (C=O) groups is 1. The van der Waals surface area contributed by atoms with Crippen molar-refractivity contribution in [3.05, 3.63) is 29.7 Å². The summed E-state index contributed by atoms with van der Waals surface area (Å²) < 4.78 is 5.72. The zero-order valence-electron chi connectivity index (χ0n) is 13.5. The van der Waals surface area contributed by atoms with Gasteiger partial charge >= 0.3 is 0 Å². The van der Waals surface area contributed by atoms with Gasteiger partial charge in [-0.1, -0.05) is 0 Å². The predicted octanol–water partition coefficient (Wildman–Crippen LogP) is 3.83. The summed E-state index contributed by atoms with van der Waals surface area (Å²) in [6.45, 7) is 1.95. The molecule has 0 unspecified atom stereocenters. The van der Waals surface area contributed by atoms with Crippen molar-refractivity contribution in [1.82, 2.24) is 10.3 Å². The third-order valence-corrected chi connectivity index (χ3v) is 6.15. The van der Waals surface area contributed by atoms with Crippen molar-refractivity contribution < 1.29 is 9.21 Å². The molecular weight excluding hydrogens is 288 g/mol. The standard InChI is InChI=1S/C19H22N2O2/c1-11-2-3-16-15(20-11)7-17(23-16)18(22)21-19-8-12-4-13(9-19)6-14(5-12)10-19/h2-3,7,12-14H,4-6,8-10H2,1H3,(H,21,22). The Hall–Kier alpha value is -1.84. The summed E-state index contributed by atoms with van der Waals surface area (Å²) in [4.78, 5) is 17.2. The quantitative estimate of drug-likeness (QED) is 0.917. The van der Waals surface area contributed by atoms with Crippen molar-refractivity contribution >= 4 is 17.0 Å². The van der Waals surface area contributed by atoms with Crippen LogP contribution in [0.15, 0.2) is 22.6 Å². The molecule has 4 aliphatic rings. The number of fused-ring (bicyclic) bond motifs is 1. The van der Waals surface area contributed by atoms with Gasteiger partial charge in [-0.2, -0.15) is 0 Å². The van der Waals surface area contributed by atoms with E-state index < -0.39 is 0 Å². The largest absolute Gasteiger partial charge is 0.449 e. The molecule has 0 aromatic carbocycles. The Labute approximate surface area is 135 Å². The molecule has 4 nitrogen and oxygen atoms in total. The molecule has 4 heteroatoms. The number of aromatic nitrogens is 1. The average Bonchev–Trinajstić information content (AvgIpc) is 2.88. The van der Waals surface area contributed by atoms with Crippen LogP contribution in [0.4, 0.5) is 0 Å². The Morgan fingerprint density at radius 1 is 1.17 bits per heavy atom. The van der Waals surface area contributed by atoms with Gasteiger partial charge in [-0.25, -0.2) is 4.98 Å². The van der Waals surface area contributed by atoms with Crippen molar-refractivity contribution in [1.29, 1.82) is 0 Å². The predicted molar refractivity (Wildman–Crippen MR) is 87.1 cm³/mol. The molecule has 120 valence electrons. The van der Waals surface area contributed by atoms with Crippen LogP contribution in [0.3, 0.4) is 0 Å². The van der Waals surface area contributed by atoms with Crippen molar-refractivity contribution in [2.24, 2.45) is 17.8 Å². The van der Waals surface area contributed by atoms with Gasteiger partial charge < -0.3 is 9.73 Å². The summed E-state index contributed by atoms with van der Waals surface area (Å²) >= 11 is 0. The third kappa shape index (κ3) is 2.19. The van der Waals surface area contributed by atoms with Gasteiger partial charge in [0.05, 0.1) is 0 Å². The van der Waals surface area contributed by atoms with Crippen LogP contribution in [0, 0.1) is 24.7 Å². The SMILES string of the molecule is Cc1ccc2oc(C(=O)NC34CC5CC(CC(C5)C3)C4)cc2n1. The van der Waals surface area contributed by atoms with Crippen LogP contribution in [0.2, 0.25) is 0 Å². The maximum atomic E-state index is 12.8. The number of hydrogen-bond donors (Lipinski definition) is 1. The average molecular weight is 310 g/mol. The molecule has 4 fully saturated rings.